The largest absolute Gasteiger partial charge is 0.289 e. The van der Waals surface area contributed by atoms with Crippen LogP contribution in [-0.2, 0) is 14.6 Å². The third kappa shape index (κ3) is 2.69. The summed E-state index contributed by atoms with van der Waals surface area (Å²) < 4.78 is 25.4. The second-order valence-corrected chi connectivity index (χ2v) is 8.47. The minimum atomic E-state index is -3.63. The summed E-state index contributed by atoms with van der Waals surface area (Å²) in [5.41, 5.74) is 1.13. The first-order valence-electron chi connectivity index (χ1n) is 7.74. The second-order valence-electron chi connectivity index (χ2n) is 5.97. The summed E-state index contributed by atoms with van der Waals surface area (Å²) in [6, 6.07) is 19.7. The van der Waals surface area contributed by atoms with E-state index in [9.17, 15) is 13.2 Å². The molecule has 1 aliphatic heterocycles. The molecule has 0 bridgehead atoms. The molecule has 4 rings (SSSR count). The zero-order chi connectivity index (χ0) is 17.6. The number of benzene rings is 3. The second kappa shape index (κ2) is 5.86. The van der Waals surface area contributed by atoms with Crippen molar-refractivity contribution in [2.45, 2.75) is 5.37 Å². The smallest absolute Gasteiger partial charge is 0.243 e. The fourth-order valence-corrected chi connectivity index (χ4v) is 5.17. The van der Waals surface area contributed by atoms with Gasteiger partial charge in [0.05, 0.1) is 5.69 Å². The number of hydrogen-bond acceptors (Lipinski definition) is 3. The third-order valence-corrected chi connectivity index (χ3v) is 6.41. The molecular formula is C19H14ClNO3S. The molecular weight excluding hydrogens is 358 g/mol. The highest BCUT2D eigenvalue weighted by atomic mass is 35.5. The Morgan fingerprint density at radius 1 is 0.920 bits per heavy atom. The van der Waals surface area contributed by atoms with Gasteiger partial charge in [0, 0.05) is 10.4 Å². The lowest BCUT2D eigenvalue weighted by Crippen LogP contribution is -2.29. The van der Waals surface area contributed by atoms with E-state index in [1.54, 1.807) is 30.3 Å². The van der Waals surface area contributed by atoms with Crippen LogP contribution in [0.5, 0.6) is 0 Å². The van der Waals surface area contributed by atoms with E-state index in [1.807, 2.05) is 36.4 Å². The Bertz CT molecular complexity index is 1070. The van der Waals surface area contributed by atoms with Crippen LogP contribution < -0.4 is 4.90 Å². The molecule has 0 N–H and O–H groups in total. The van der Waals surface area contributed by atoms with Gasteiger partial charge in [0.1, 0.15) is 5.75 Å². The summed E-state index contributed by atoms with van der Waals surface area (Å²) in [5, 5.41) is 1.27. The van der Waals surface area contributed by atoms with Crippen molar-refractivity contribution < 1.29 is 13.2 Å². The molecule has 4 nitrogen and oxygen atoms in total. The Kier molecular flexibility index (Phi) is 3.78. The van der Waals surface area contributed by atoms with Crippen LogP contribution in [0.3, 0.4) is 0 Å². The van der Waals surface area contributed by atoms with Crippen molar-refractivity contribution in [3.63, 3.8) is 0 Å². The predicted molar refractivity (Wildman–Crippen MR) is 99.4 cm³/mol. The Morgan fingerprint density at radius 3 is 2.36 bits per heavy atom. The van der Waals surface area contributed by atoms with Crippen LogP contribution in [0.15, 0.2) is 66.7 Å². The molecule has 0 spiro atoms. The molecule has 0 radical (unpaired) electrons. The minimum absolute atomic E-state index is 0.420. The SMILES string of the molecule is O=C1CS(=O)(=O)[C@@H](c2ccc(Cl)cc2)N1c1cccc2ccccc12. The van der Waals surface area contributed by atoms with Gasteiger partial charge in [-0.15, -0.1) is 0 Å². The molecule has 6 heteroatoms. The molecule has 25 heavy (non-hydrogen) atoms. The number of hydrogen-bond donors (Lipinski definition) is 0. The number of nitrogens with zero attached hydrogens (tertiary/aromatic N) is 1. The summed E-state index contributed by atoms with van der Waals surface area (Å²) in [6.45, 7) is 0. The van der Waals surface area contributed by atoms with Gasteiger partial charge in [-0.25, -0.2) is 8.42 Å². The van der Waals surface area contributed by atoms with Crippen LogP contribution in [0.4, 0.5) is 5.69 Å². The first kappa shape index (κ1) is 16.1. The number of fused-ring (bicyclic) bond motifs is 1. The predicted octanol–water partition coefficient (Wildman–Crippen LogP) is 3.95. The number of sulfone groups is 1. The molecule has 1 aliphatic rings. The van der Waals surface area contributed by atoms with Gasteiger partial charge in [-0.05, 0) is 29.1 Å². The van der Waals surface area contributed by atoms with Crippen molar-refractivity contribution in [2.75, 3.05) is 10.7 Å². The molecule has 1 saturated heterocycles. The Morgan fingerprint density at radius 2 is 1.60 bits per heavy atom. The maximum absolute atomic E-state index is 12.7. The maximum Gasteiger partial charge on any atom is 0.243 e. The van der Waals surface area contributed by atoms with Gasteiger partial charge >= 0.3 is 0 Å². The topological polar surface area (TPSA) is 54.5 Å². The number of amides is 1. The molecule has 3 aromatic carbocycles. The standard InChI is InChI=1S/C19H14ClNO3S/c20-15-10-8-14(9-11-15)19-21(18(22)12-25(19,23)24)17-7-3-5-13-4-1-2-6-16(13)17/h1-11,19H,12H2/t19-/m0/s1. The van der Waals surface area contributed by atoms with Crippen molar-refractivity contribution >= 4 is 43.8 Å². The first-order valence-corrected chi connectivity index (χ1v) is 9.83. The zero-order valence-electron chi connectivity index (χ0n) is 13.1. The highest BCUT2D eigenvalue weighted by Gasteiger charge is 2.46. The Balaban J connectivity index is 1.94. The quantitative estimate of drug-likeness (QED) is 0.685. The average molecular weight is 372 g/mol. The normalized spacial score (nSPS) is 19.5. The fraction of sp³-hybridized carbons (Fsp3) is 0.105. The number of carbonyl (C=O) groups is 1. The molecule has 0 unspecified atom stereocenters. The van der Waals surface area contributed by atoms with E-state index in [0.717, 1.165) is 10.8 Å². The van der Waals surface area contributed by atoms with Crippen molar-refractivity contribution in [2.24, 2.45) is 0 Å². The lowest BCUT2D eigenvalue weighted by molar-refractivity contribution is -0.115. The van der Waals surface area contributed by atoms with Crippen LogP contribution in [0.25, 0.3) is 10.8 Å². The van der Waals surface area contributed by atoms with Gasteiger partial charge < -0.3 is 0 Å². The lowest BCUT2D eigenvalue weighted by atomic mass is 10.1. The van der Waals surface area contributed by atoms with E-state index in [-0.39, 0.29) is 0 Å². The van der Waals surface area contributed by atoms with E-state index >= 15 is 0 Å². The number of anilines is 1. The van der Waals surface area contributed by atoms with Crippen LogP contribution in [0.1, 0.15) is 10.9 Å². The summed E-state index contributed by atoms with van der Waals surface area (Å²) in [5.74, 6) is -0.917. The number of halogens is 1. The van der Waals surface area contributed by atoms with E-state index in [0.29, 0.717) is 16.3 Å². The highest BCUT2D eigenvalue weighted by Crippen LogP contribution is 2.40. The zero-order valence-corrected chi connectivity index (χ0v) is 14.7. The Hall–Kier alpha value is -2.37. The van der Waals surface area contributed by atoms with Crippen molar-refractivity contribution in [1.82, 2.24) is 0 Å². The number of rotatable bonds is 2. The third-order valence-electron chi connectivity index (χ3n) is 4.35. The van der Waals surface area contributed by atoms with Gasteiger partial charge in [0.2, 0.25) is 5.91 Å². The molecule has 0 aromatic heterocycles. The lowest BCUT2D eigenvalue weighted by Gasteiger charge is -2.25. The average Bonchev–Trinajstić information content (AvgIpc) is 2.83. The Labute approximate surface area is 150 Å². The van der Waals surface area contributed by atoms with Gasteiger partial charge in [-0.3, -0.25) is 9.69 Å². The maximum atomic E-state index is 12.7. The number of carbonyl (C=O) groups excluding carboxylic acids is 1. The molecule has 1 atom stereocenters. The van der Waals surface area contributed by atoms with Crippen molar-refractivity contribution in [3.8, 4) is 0 Å². The van der Waals surface area contributed by atoms with Crippen molar-refractivity contribution in [1.29, 1.82) is 0 Å². The van der Waals surface area contributed by atoms with Crippen LogP contribution in [0, 0.1) is 0 Å². The van der Waals surface area contributed by atoms with E-state index in [1.165, 1.54) is 4.90 Å². The highest BCUT2D eigenvalue weighted by molar-refractivity contribution is 7.93. The van der Waals surface area contributed by atoms with Gasteiger partial charge in [0.15, 0.2) is 15.2 Å². The summed E-state index contributed by atoms with van der Waals surface area (Å²) in [4.78, 5) is 14.0. The minimum Gasteiger partial charge on any atom is -0.289 e. The molecule has 1 amide bonds. The van der Waals surface area contributed by atoms with Crippen molar-refractivity contribution in [3.05, 3.63) is 77.3 Å². The summed E-state index contributed by atoms with van der Waals surface area (Å²) in [7, 11) is -3.63. The molecule has 1 fully saturated rings. The molecule has 126 valence electrons. The van der Waals surface area contributed by atoms with Gasteiger partial charge in [-0.2, -0.15) is 0 Å². The van der Waals surface area contributed by atoms with E-state index in [2.05, 4.69) is 0 Å². The first-order chi connectivity index (χ1) is 12.0. The van der Waals surface area contributed by atoms with Crippen LogP contribution in [0.2, 0.25) is 5.02 Å². The molecule has 0 aliphatic carbocycles. The van der Waals surface area contributed by atoms with E-state index < -0.39 is 26.9 Å². The van der Waals surface area contributed by atoms with E-state index in [4.69, 9.17) is 11.6 Å². The van der Waals surface area contributed by atoms with Crippen LogP contribution in [-0.4, -0.2) is 20.1 Å². The van der Waals surface area contributed by atoms with Crippen LogP contribution >= 0.6 is 11.6 Å². The monoisotopic (exact) mass is 371 g/mol. The molecule has 1 heterocycles. The summed E-state index contributed by atoms with van der Waals surface area (Å²) in [6.07, 6.45) is 0. The summed E-state index contributed by atoms with van der Waals surface area (Å²) >= 11 is 5.92. The van der Waals surface area contributed by atoms with Gasteiger partial charge in [0.25, 0.3) is 0 Å². The fourth-order valence-electron chi connectivity index (χ4n) is 3.27. The molecule has 0 saturated carbocycles. The molecule has 3 aromatic rings. The van der Waals surface area contributed by atoms with Gasteiger partial charge in [-0.1, -0.05) is 60.1 Å².